The zero-order chi connectivity index (χ0) is 21.0. The third kappa shape index (κ3) is 5.14. The maximum atomic E-state index is 13.9. The fourth-order valence-electron chi connectivity index (χ4n) is 2.67. The van der Waals surface area contributed by atoms with Gasteiger partial charge in [-0.2, -0.15) is 0 Å². The monoisotopic (exact) mass is 419 g/mol. The molecule has 29 heavy (non-hydrogen) atoms. The summed E-state index contributed by atoms with van der Waals surface area (Å²) in [6.45, 7) is 7.48. The molecule has 0 aliphatic rings. The Morgan fingerprint density at radius 1 is 1.31 bits per heavy atom. The third-order valence-corrected chi connectivity index (χ3v) is 4.88. The number of anilines is 1. The van der Waals surface area contributed by atoms with Crippen molar-refractivity contribution in [2.24, 2.45) is 0 Å². The van der Waals surface area contributed by atoms with E-state index in [2.05, 4.69) is 20.7 Å². The summed E-state index contributed by atoms with van der Waals surface area (Å²) in [6.07, 6.45) is -0.525. The van der Waals surface area contributed by atoms with Gasteiger partial charge in [-0.05, 0) is 39.8 Å². The van der Waals surface area contributed by atoms with Crippen LogP contribution in [0.25, 0.3) is 0 Å². The number of halogens is 1. The predicted molar refractivity (Wildman–Crippen MR) is 106 cm³/mol. The average Bonchev–Trinajstić information content (AvgIpc) is 3.28. The molecule has 0 aliphatic heterocycles. The van der Waals surface area contributed by atoms with Gasteiger partial charge >= 0.3 is 0 Å². The second-order valence-electron chi connectivity index (χ2n) is 6.65. The Bertz CT molecular complexity index is 988. The first-order chi connectivity index (χ1) is 13.8. The van der Waals surface area contributed by atoms with E-state index in [0.717, 1.165) is 0 Å². The number of hydrogen-bond acceptors (Lipinski definition) is 7. The largest absolute Gasteiger partial charge is 0.480 e. The van der Waals surface area contributed by atoms with E-state index in [0.29, 0.717) is 22.6 Å². The molecule has 0 saturated heterocycles. The Morgan fingerprint density at radius 2 is 2.07 bits per heavy atom. The average molecular weight is 419 g/mol. The van der Waals surface area contributed by atoms with Crippen LogP contribution < -0.4 is 10.1 Å². The molecule has 8 nitrogen and oxygen atoms in total. The van der Waals surface area contributed by atoms with Crippen LogP contribution in [0.3, 0.4) is 0 Å². The fraction of sp³-hybridized carbons (Fsp3) is 0.368. The quantitative estimate of drug-likeness (QED) is 0.548. The van der Waals surface area contributed by atoms with Crippen LogP contribution in [0.1, 0.15) is 44.5 Å². The number of amides is 1. The normalized spacial score (nSPS) is 12.2. The molecule has 3 rings (SSSR count). The van der Waals surface area contributed by atoms with Gasteiger partial charge in [0.2, 0.25) is 5.91 Å². The SMILES string of the molecule is Cc1cc(NC(=O)CSc2nnc(C(C)Oc3ccccc3F)n2C(C)C)no1. The number of thioether (sulfide) groups is 1. The maximum absolute atomic E-state index is 13.9. The lowest BCUT2D eigenvalue weighted by molar-refractivity contribution is -0.113. The van der Waals surface area contributed by atoms with Crippen molar-refractivity contribution in [3.8, 4) is 5.75 Å². The Morgan fingerprint density at radius 3 is 2.72 bits per heavy atom. The smallest absolute Gasteiger partial charge is 0.236 e. The summed E-state index contributed by atoms with van der Waals surface area (Å²) in [5.74, 6) is 1.13. The number of rotatable bonds is 8. The van der Waals surface area contributed by atoms with E-state index < -0.39 is 11.9 Å². The molecule has 1 unspecified atom stereocenters. The van der Waals surface area contributed by atoms with Crippen molar-refractivity contribution in [1.82, 2.24) is 19.9 Å². The van der Waals surface area contributed by atoms with Crippen molar-refractivity contribution in [2.75, 3.05) is 11.1 Å². The third-order valence-electron chi connectivity index (χ3n) is 3.94. The van der Waals surface area contributed by atoms with Gasteiger partial charge in [-0.25, -0.2) is 4.39 Å². The second-order valence-corrected chi connectivity index (χ2v) is 7.60. The standard InChI is InChI=1S/C19H22FN5O3S/c1-11(2)25-18(13(4)27-15-8-6-5-7-14(15)20)22-23-19(25)29-10-17(26)21-16-9-12(3)28-24-16/h5-9,11,13H,10H2,1-4H3,(H,21,24,26). The zero-order valence-electron chi connectivity index (χ0n) is 16.5. The highest BCUT2D eigenvalue weighted by molar-refractivity contribution is 7.99. The van der Waals surface area contributed by atoms with Gasteiger partial charge in [-0.3, -0.25) is 4.79 Å². The summed E-state index contributed by atoms with van der Waals surface area (Å²) in [5.41, 5.74) is 0. The summed E-state index contributed by atoms with van der Waals surface area (Å²) in [6, 6.07) is 7.87. The second kappa shape index (κ2) is 9.08. The number of nitrogens with zero attached hydrogens (tertiary/aromatic N) is 4. The predicted octanol–water partition coefficient (Wildman–Crippen LogP) is 4.17. The van der Waals surface area contributed by atoms with Crippen molar-refractivity contribution in [3.05, 3.63) is 47.7 Å². The number of ether oxygens (including phenoxy) is 1. The van der Waals surface area contributed by atoms with Crippen LogP contribution in [0, 0.1) is 12.7 Å². The van der Waals surface area contributed by atoms with E-state index in [4.69, 9.17) is 9.26 Å². The summed E-state index contributed by atoms with van der Waals surface area (Å²) in [5, 5.41) is 15.4. The van der Waals surface area contributed by atoms with Crippen molar-refractivity contribution >= 4 is 23.5 Å². The molecule has 0 fully saturated rings. The van der Waals surface area contributed by atoms with E-state index in [1.807, 2.05) is 18.4 Å². The summed E-state index contributed by atoms with van der Waals surface area (Å²) in [7, 11) is 0. The molecule has 0 bridgehead atoms. The molecular weight excluding hydrogens is 397 g/mol. The number of aromatic nitrogens is 4. The van der Waals surface area contributed by atoms with E-state index in [-0.39, 0.29) is 23.5 Å². The Kier molecular flexibility index (Phi) is 6.53. The van der Waals surface area contributed by atoms with Gasteiger partial charge in [0.15, 0.2) is 34.5 Å². The highest BCUT2D eigenvalue weighted by Gasteiger charge is 2.23. The van der Waals surface area contributed by atoms with E-state index in [1.54, 1.807) is 38.1 Å². The molecule has 2 aromatic heterocycles. The Hall–Kier alpha value is -2.88. The van der Waals surface area contributed by atoms with Crippen molar-refractivity contribution in [1.29, 1.82) is 0 Å². The molecule has 1 aromatic carbocycles. The Balaban J connectivity index is 1.69. The highest BCUT2D eigenvalue weighted by Crippen LogP contribution is 2.28. The maximum Gasteiger partial charge on any atom is 0.236 e. The van der Waals surface area contributed by atoms with Gasteiger partial charge in [0, 0.05) is 12.1 Å². The van der Waals surface area contributed by atoms with Gasteiger partial charge in [-0.15, -0.1) is 10.2 Å². The van der Waals surface area contributed by atoms with Crippen molar-refractivity contribution in [2.45, 2.75) is 45.0 Å². The van der Waals surface area contributed by atoms with E-state index >= 15 is 0 Å². The molecule has 154 valence electrons. The summed E-state index contributed by atoms with van der Waals surface area (Å²) < 4.78 is 26.4. The minimum atomic E-state index is -0.525. The first-order valence-corrected chi connectivity index (χ1v) is 10.1. The molecule has 1 N–H and O–H groups in total. The number of para-hydroxylation sites is 1. The van der Waals surface area contributed by atoms with Crippen LogP contribution in [0.4, 0.5) is 10.2 Å². The van der Waals surface area contributed by atoms with E-state index in [1.165, 1.54) is 17.8 Å². The fourth-order valence-corrected chi connectivity index (χ4v) is 3.54. The minimum Gasteiger partial charge on any atom is -0.480 e. The molecular formula is C19H22FN5O3S. The summed E-state index contributed by atoms with van der Waals surface area (Å²) in [4.78, 5) is 12.2. The Labute approximate surface area is 171 Å². The summed E-state index contributed by atoms with van der Waals surface area (Å²) >= 11 is 1.25. The molecule has 1 atom stereocenters. The van der Waals surface area contributed by atoms with Crippen LogP contribution in [-0.2, 0) is 4.79 Å². The zero-order valence-corrected chi connectivity index (χ0v) is 17.4. The number of carbonyl (C=O) groups is 1. The lowest BCUT2D eigenvalue weighted by Gasteiger charge is -2.19. The lowest BCUT2D eigenvalue weighted by atomic mass is 10.3. The van der Waals surface area contributed by atoms with Crippen molar-refractivity contribution < 1.29 is 18.4 Å². The number of aryl methyl sites for hydroxylation is 1. The molecule has 0 saturated carbocycles. The number of benzene rings is 1. The van der Waals surface area contributed by atoms with Gasteiger partial charge in [-0.1, -0.05) is 29.1 Å². The van der Waals surface area contributed by atoms with Crippen LogP contribution in [-0.4, -0.2) is 31.6 Å². The molecule has 0 aliphatic carbocycles. The molecule has 2 heterocycles. The van der Waals surface area contributed by atoms with E-state index in [9.17, 15) is 9.18 Å². The highest BCUT2D eigenvalue weighted by atomic mass is 32.2. The first kappa shape index (κ1) is 20.8. The van der Waals surface area contributed by atoms with Crippen molar-refractivity contribution in [3.63, 3.8) is 0 Å². The molecule has 3 aromatic rings. The minimum absolute atomic E-state index is 0.0235. The van der Waals surface area contributed by atoms with Gasteiger partial charge in [0.25, 0.3) is 0 Å². The lowest BCUT2D eigenvalue weighted by Crippen LogP contribution is -2.17. The van der Waals surface area contributed by atoms with Gasteiger partial charge in [0.05, 0.1) is 5.75 Å². The van der Waals surface area contributed by atoms with Crippen LogP contribution in [0.15, 0.2) is 40.0 Å². The molecule has 0 spiro atoms. The molecule has 1 amide bonds. The van der Waals surface area contributed by atoms with Gasteiger partial charge < -0.3 is 19.1 Å². The van der Waals surface area contributed by atoms with Crippen LogP contribution in [0.5, 0.6) is 5.75 Å². The van der Waals surface area contributed by atoms with Crippen LogP contribution in [0.2, 0.25) is 0 Å². The topological polar surface area (TPSA) is 95.1 Å². The first-order valence-electron chi connectivity index (χ1n) is 9.07. The number of nitrogens with one attached hydrogen (secondary N) is 1. The van der Waals surface area contributed by atoms with Gasteiger partial charge in [0.1, 0.15) is 5.76 Å². The number of carbonyl (C=O) groups excluding carboxylic acids is 1. The molecule has 10 heteroatoms. The number of hydrogen-bond donors (Lipinski definition) is 1. The van der Waals surface area contributed by atoms with Crippen LogP contribution >= 0.6 is 11.8 Å². The molecule has 0 radical (unpaired) electrons.